The predicted molar refractivity (Wildman–Crippen MR) is 93.4 cm³/mol. The summed E-state index contributed by atoms with van der Waals surface area (Å²) in [5, 5.41) is 17.3. The van der Waals surface area contributed by atoms with E-state index < -0.39 is 6.43 Å². The van der Waals surface area contributed by atoms with Crippen molar-refractivity contribution < 1.29 is 18.4 Å². The molecule has 0 unspecified atom stereocenters. The second-order valence-corrected chi connectivity index (χ2v) is 5.65. The Bertz CT molecular complexity index is 866. The number of alkyl halides is 2. The van der Waals surface area contributed by atoms with Gasteiger partial charge in [0.2, 0.25) is 0 Å². The first kappa shape index (κ1) is 18.4. The third-order valence-electron chi connectivity index (χ3n) is 3.70. The van der Waals surface area contributed by atoms with Crippen LogP contribution in [0.15, 0.2) is 53.7 Å². The van der Waals surface area contributed by atoms with Gasteiger partial charge in [-0.2, -0.15) is 0 Å². The third kappa shape index (κ3) is 5.30. The van der Waals surface area contributed by atoms with Crippen molar-refractivity contribution in [1.29, 1.82) is 0 Å². The standard InChI is InChI=1S/C18H17F2N5O2/c1-12(23-27-10-13-2-4-15(5-3-13)18(19)20)14-6-8-16(9-7-14)26-11-17-21-24-25-22-17/h2-9,18H,10-11H2,1H3,(H,21,22,24,25). The van der Waals surface area contributed by atoms with E-state index in [1.165, 1.54) is 12.1 Å². The Hall–Kier alpha value is -3.36. The van der Waals surface area contributed by atoms with Crippen molar-refractivity contribution in [2.45, 2.75) is 26.6 Å². The van der Waals surface area contributed by atoms with Crippen molar-refractivity contribution in [3.8, 4) is 5.75 Å². The van der Waals surface area contributed by atoms with Crippen LogP contribution in [-0.4, -0.2) is 26.3 Å². The van der Waals surface area contributed by atoms with Crippen LogP contribution in [0.3, 0.4) is 0 Å². The molecule has 0 atom stereocenters. The highest BCUT2D eigenvalue weighted by Crippen LogP contribution is 2.19. The van der Waals surface area contributed by atoms with Gasteiger partial charge in [-0.05, 0) is 52.7 Å². The molecule has 0 spiro atoms. The van der Waals surface area contributed by atoms with E-state index in [9.17, 15) is 8.78 Å². The number of aromatic nitrogens is 4. The lowest BCUT2D eigenvalue weighted by atomic mass is 10.1. The fourth-order valence-corrected chi connectivity index (χ4v) is 2.20. The van der Waals surface area contributed by atoms with E-state index in [2.05, 4.69) is 25.8 Å². The Balaban J connectivity index is 1.51. The molecule has 0 saturated carbocycles. The van der Waals surface area contributed by atoms with E-state index in [-0.39, 0.29) is 18.8 Å². The summed E-state index contributed by atoms with van der Waals surface area (Å²) in [6.45, 7) is 2.26. The van der Waals surface area contributed by atoms with Gasteiger partial charge in [-0.25, -0.2) is 13.9 Å². The minimum atomic E-state index is -2.47. The van der Waals surface area contributed by atoms with Gasteiger partial charge in [0.05, 0.1) is 5.71 Å². The molecule has 0 radical (unpaired) electrons. The molecule has 0 aliphatic carbocycles. The van der Waals surface area contributed by atoms with Crippen LogP contribution in [-0.2, 0) is 18.1 Å². The Labute approximate surface area is 154 Å². The van der Waals surface area contributed by atoms with E-state index in [4.69, 9.17) is 9.57 Å². The van der Waals surface area contributed by atoms with Crippen LogP contribution in [0.1, 0.15) is 35.9 Å². The van der Waals surface area contributed by atoms with Gasteiger partial charge >= 0.3 is 0 Å². The number of aromatic amines is 1. The molecule has 2 aromatic carbocycles. The van der Waals surface area contributed by atoms with Crippen LogP contribution in [0.2, 0.25) is 0 Å². The first-order valence-electron chi connectivity index (χ1n) is 8.11. The van der Waals surface area contributed by atoms with Crippen molar-refractivity contribution in [2.24, 2.45) is 5.16 Å². The van der Waals surface area contributed by atoms with Crippen LogP contribution in [0.4, 0.5) is 8.78 Å². The molecule has 0 fully saturated rings. The molecule has 1 heterocycles. The Morgan fingerprint density at radius 2 is 1.81 bits per heavy atom. The summed E-state index contributed by atoms with van der Waals surface area (Å²) in [7, 11) is 0. The first-order chi connectivity index (χ1) is 13.1. The number of halogens is 2. The quantitative estimate of drug-likeness (QED) is 0.481. The van der Waals surface area contributed by atoms with Crippen molar-refractivity contribution in [3.63, 3.8) is 0 Å². The molecule has 3 aromatic rings. The van der Waals surface area contributed by atoms with Crippen molar-refractivity contribution in [1.82, 2.24) is 20.6 Å². The predicted octanol–water partition coefficient (Wildman–Crippen LogP) is 3.66. The zero-order chi connectivity index (χ0) is 19.1. The third-order valence-corrected chi connectivity index (χ3v) is 3.70. The lowest BCUT2D eigenvalue weighted by Gasteiger charge is -2.06. The average molecular weight is 373 g/mol. The van der Waals surface area contributed by atoms with Crippen LogP contribution in [0, 0.1) is 0 Å². The molecular weight excluding hydrogens is 356 g/mol. The molecule has 0 amide bonds. The van der Waals surface area contributed by atoms with Crippen molar-refractivity contribution >= 4 is 5.71 Å². The topological polar surface area (TPSA) is 85.3 Å². The number of hydrogen-bond donors (Lipinski definition) is 1. The summed E-state index contributed by atoms with van der Waals surface area (Å²) < 4.78 is 30.6. The van der Waals surface area contributed by atoms with Crippen molar-refractivity contribution in [2.75, 3.05) is 0 Å². The Morgan fingerprint density at radius 1 is 1.07 bits per heavy atom. The highest BCUT2D eigenvalue weighted by atomic mass is 19.3. The summed E-state index contributed by atoms with van der Waals surface area (Å²) >= 11 is 0. The maximum Gasteiger partial charge on any atom is 0.263 e. The highest BCUT2D eigenvalue weighted by molar-refractivity contribution is 5.98. The normalized spacial score (nSPS) is 11.6. The number of tetrazole rings is 1. The lowest BCUT2D eigenvalue weighted by molar-refractivity contribution is 0.130. The van der Waals surface area contributed by atoms with Gasteiger partial charge in [-0.1, -0.05) is 29.4 Å². The maximum atomic E-state index is 12.5. The van der Waals surface area contributed by atoms with Crippen molar-refractivity contribution in [3.05, 3.63) is 71.0 Å². The van der Waals surface area contributed by atoms with Gasteiger partial charge < -0.3 is 9.57 Å². The smallest absolute Gasteiger partial charge is 0.263 e. The molecule has 140 valence electrons. The minimum Gasteiger partial charge on any atom is -0.486 e. The lowest BCUT2D eigenvalue weighted by Crippen LogP contribution is -2.00. The zero-order valence-corrected chi connectivity index (χ0v) is 14.5. The summed E-state index contributed by atoms with van der Waals surface area (Å²) in [6, 6.07) is 13.3. The maximum absolute atomic E-state index is 12.5. The van der Waals surface area contributed by atoms with E-state index in [0.29, 0.717) is 17.3 Å². The molecule has 0 saturated heterocycles. The van der Waals surface area contributed by atoms with Gasteiger partial charge in [0.25, 0.3) is 6.43 Å². The SMILES string of the molecule is CC(=NOCc1ccc(C(F)F)cc1)c1ccc(OCc2nnn[nH]2)cc1. The van der Waals surface area contributed by atoms with Gasteiger partial charge in [0, 0.05) is 5.56 Å². The number of nitrogens with one attached hydrogen (secondary N) is 1. The zero-order valence-electron chi connectivity index (χ0n) is 14.5. The van der Waals surface area contributed by atoms with Crippen LogP contribution in [0.25, 0.3) is 0 Å². The van der Waals surface area contributed by atoms with Gasteiger partial charge in [-0.15, -0.1) is 5.10 Å². The second kappa shape index (κ2) is 8.84. The molecule has 0 aliphatic heterocycles. The number of ether oxygens (including phenoxy) is 1. The first-order valence-corrected chi connectivity index (χ1v) is 8.11. The molecule has 27 heavy (non-hydrogen) atoms. The monoisotopic (exact) mass is 373 g/mol. The number of nitrogens with zero attached hydrogens (tertiary/aromatic N) is 4. The van der Waals surface area contributed by atoms with Gasteiger partial charge in [-0.3, -0.25) is 0 Å². The summed E-state index contributed by atoms with van der Waals surface area (Å²) in [5.41, 5.74) is 2.31. The molecule has 1 aromatic heterocycles. The van der Waals surface area contributed by atoms with Crippen LogP contribution < -0.4 is 4.74 Å². The number of oxime groups is 1. The summed E-state index contributed by atoms with van der Waals surface area (Å²) in [5.74, 6) is 1.20. The number of benzene rings is 2. The van der Waals surface area contributed by atoms with E-state index in [1.807, 2.05) is 19.1 Å². The molecule has 3 rings (SSSR count). The second-order valence-electron chi connectivity index (χ2n) is 5.65. The summed E-state index contributed by atoms with van der Waals surface area (Å²) in [6.07, 6.45) is -2.47. The Morgan fingerprint density at radius 3 is 2.44 bits per heavy atom. The van der Waals surface area contributed by atoms with Crippen LogP contribution in [0.5, 0.6) is 5.75 Å². The molecule has 0 aliphatic rings. The van der Waals surface area contributed by atoms with Gasteiger partial charge in [0.1, 0.15) is 19.0 Å². The number of H-pyrrole nitrogens is 1. The largest absolute Gasteiger partial charge is 0.486 e. The molecule has 7 nitrogen and oxygen atoms in total. The fraction of sp³-hybridized carbons (Fsp3) is 0.222. The fourth-order valence-electron chi connectivity index (χ4n) is 2.20. The highest BCUT2D eigenvalue weighted by Gasteiger charge is 2.06. The number of hydrogen-bond acceptors (Lipinski definition) is 6. The van der Waals surface area contributed by atoms with Gasteiger partial charge in [0.15, 0.2) is 5.82 Å². The molecule has 1 N–H and O–H groups in total. The number of rotatable bonds is 8. The average Bonchev–Trinajstić information content (AvgIpc) is 3.21. The van der Waals surface area contributed by atoms with E-state index in [0.717, 1.165) is 11.1 Å². The summed E-state index contributed by atoms with van der Waals surface area (Å²) in [4.78, 5) is 5.31. The molecule has 9 heteroatoms. The Kier molecular flexibility index (Phi) is 6.03. The molecule has 0 bridgehead atoms. The van der Waals surface area contributed by atoms with E-state index >= 15 is 0 Å². The molecular formula is C18H17F2N5O2. The minimum absolute atomic E-state index is 0.0136. The van der Waals surface area contributed by atoms with E-state index in [1.54, 1.807) is 24.3 Å². The van der Waals surface area contributed by atoms with Crippen LogP contribution >= 0.6 is 0 Å².